The molecule has 23 heavy (non-hydrogen) atoms. The molecule has 1 aliphatic rings. The molecular formula is C17H19ClN4O. The summed E-state index contributed by atoms with van der Waals surface area (Å²) in [5.74, 6) is 0. The number of aliphatic hydroxyl groups is 1. The van der Waals surface area contributed by atoms with Crippen LogP contribution in [0.5, 0.6) is 0 Å². The minimum atomic E-state index is -0.322. The van der Waals surface area contributed by atoms with Gasteiger partial charge in [-0.1, -0.05) is 11.6 Å². The maximum atomic E-state index is 9.52. The summed E-state index contributed by atoms with van der Waals surface area (Å²) in [6.07, 6.45) is 1.31. The predicted molar refractivity (Wildman–Crippen MR) is 91.8 cm³/mol. The van der Waals surface area contributed by atoms with E-state index in [2.05, 4.69) is 20.9 Å². The van der Waals surface area contributed by atoms with Crippen LogP contribution in [-0.4, -0.2) is 53.8 Å². The maximum Gasteiger partial charge on any atom is 0.103 e. The zero-order valence-corrected chi connectivity index (χ0v) is 13.8. The molecule has 2 heterocycles. The molecule has 1 saturated heterocycles. The summed E-state index contributed by atoms with van der Waals surface area (Å²) in [6, 6.07) is 7.82. The second kappa shape index (κ2) is 6.71. The quantitative estimate of drug-likeness (QED) is 0.935. The van der Waals surface area contributed by atoms with Crippen molar-refractivity contribution in [3.63, 3.8) is 0 Å². The van der Waals surface area contributed by atoms with E-state index in [0.29, 0.717) is 17.1 Å². The van der Waals surface area contributed by atoms with Crippen LogP contribution in [0.15, 0.2) is 24.4 Å². The number of pyridine rings is 1. The summed E-state index contributed by atoms with van der Waals surface area (Å²) in [5.41, 5.74) is 2.33. The lowest BCUT2D eigenvalue weighted by Gasteiger charge is -2.37. The molecule has 3 rings (SSSR count). The normalized spacial score (nSPS) is 17.2. The summed E-state index contributed by atoms with van der Waals surface area (Å²) >= 11 is 6.14. The Morgan fingerprint density at radius 1 is 1.35 bits per heavy atom. The van der Waals surface area contributed by atoms with Crippen molar-refractivity contribution >= 4 is 28.2 Å². The average molecular weight is 331 g/mol. The number of nitrogens with zero attached hydrogens (tertiary/aromatic N) is 4. The Kier molecular flexibility index (Phi) is 4.67. The number of halogens is 1. The van der Waals surface area contributed by atoms with Crippen molar-refractivity contribution in [3.8, 4) is 6.07 Å². The smallest absolute Gasteiger partial charge is 0.103 e. The van der Waals surface area contributed by atoms with E-state index in [1.807, 2.05) is 18.2 Å². The van der Waals surface area contributed by atoms with E-state index < -0.39 is 0 Å². The Hall–Kier alpha value is -1.87. The lowest BCUT2D eigenvalue weighted by atomic mass is 10.1. The first-order valence-electron chi connectivity index (χ1n) is 7.72. The van der Waals surface area contributed by atoms with Gasteiger partial charge in [0.25, 0.3) is 0 Å². The minimum Gasteiger partial charge on any atom is -0.392 e. The topological polar surface area (TPSA) is 63.4 Å². The van der Waals surface area contributed by atoms with Crippen molar-refractivity contribution in [2.24, 2.45) is 0 Å². The largest absolute Gasteiger partial charge is 0.392 e. The average Bonchev–Trinajstić information content (AvgIpc) is 2.54. The van der Waals surface area contributed by atoms with Crippen molar-refractivity contribution in [2.45, 2.75) is 13.0 Å². The summed E-state index contributed by atoms with van der Waals surface area (Å²) in [6.45, 7) is 5.83. The number of rotatable bonds is 3. The maximum absolute atomic E-state index is 9.52. The van der Waals surface area contributed by atoms with Gasteiger partial charge in [-0.15, -0.1) is 0 Å². The number of piperazine rings is 1. The van der Waals surface area contributed by atoms with E-state index in [1.165, 1.54) is 0 Å². The van der Waals surface area contributed by atoms with Crippen LogP contribution in [-0.2, 0) is 0 Å². The first kappa shape index (κ1) is 16.0. The standard InChI is InChI=1S/C17H19ClN4O/c1-12(23)11-21-4-6-22(7-5-21)17-13(9-19)10-20-16-3-2-14(18)8-15(16)17/h2-3,8,10,12,23H,4-7,11H2,1H3/t12-/m1/s1. The molecule has 5 nitrogen and oxygen atoms in total. The van der Waals surface area contributed by atoms with Crippen molar-refractivity contribution in [1.29, 1.82) is 5.26 Å². The van der Waals surface area contributed by atoms with Crippen LogP contribution in [0.25, 0.3) is 10.9 Å². The molecule has 120 valence electrons. The SMILES string of the molecule is C[C@@H](O)CN1CCN(c2c(C#N)cnc3ccc(Cl)cc23)CC1. The molecule has 6 heteroatoms. The molecule has 0 saturated carbocycles. The Morgan fingerprint density at radius 3 is 2.74 bits per heavy atom. The molecule has 1 aromatic heterocycles. The number of fused-ring (bicyclic) bond motifs is 1. The molecule has 0 aliphatic carbocycles. The molecular weight excluding hydrogens is 312 g/mol. The lowest BCUT2D eigenvalue weighted by molar-refractivity contribution is 0.123. The predicted octanol–water partition coefficient (Wildman–Crippen LogP) is 2.26. The number of aliphatic hydroxyl groups excluding tert-OH is 1. The number of hydrogen-bond donors (Lipinski definition) is 1. The van der Waals surface area contributed by atoms with Crippen LogP contribution in [0.4, 0.5) is 5.69 Å². The first-order valence-corrected chi connectivity index (χ1v) is 8.10. The van der Waals surface area contributed by atoms with Crippen molar-refractivity contribution in [2.75, 3.05) is 37.6 Å². The van der Waals surface area contributed by atoms with Gasteiger partial charge in [0.2, 0.25) is 0 Å². The molecule has 1 atom stereocenters. The van der Waals surface area contributed by atoms with Gasteiger partial charge in [0.1, 0.15) is 6.07 Å². The van der Waals surface area contributed by atoms with Crippen molar-refractivity contribution < 1.29 is 5.11 Å². The van der Waals surface area contributed by atoms with E-state index >= 15 is 0 Å². The molecule has 0 unspecified atom stereocenters. The summed E-state index contributed by atoms with van der Waals surface area (Å²) in [7, 11) is 0. The lowest BCUT2D eigenvalue weighted by Crippen LogP contribution is -2.48. The fourth-order valence-corrected chi connectivity index (χ4v) is 3.27. The molecule has 0 radical (unpaired) electrons. The number of benzene rings is 1. The highest BCUT2D eigenvalue weighted by Gasteiger charge is 2.22. The second-order valence-corrected chi connectivity index (χ2v) is 6.37. The highest BCUT2D eigenvalue weighted by atomic mass is 35.5. The van der Waals surface area contributed by atoms with Gasteiger partial charge in [0, 0.05) is 49.3 Å². The highest BCUT2D eigenvalue weighted by Crippen LogP contribution is 2.31. The fourth-order valence-electron chi connectivity index (χ4n) is 3.10. The molecule has 1 N–H and O–H groups in total. The Morgan fingerprint density at radius 2 is 2.09 bits per heavy atom. The number of nitriles is 1. The molecule has 0 amide bonds. The summed E-state index contributed by atoms with van der Waals surface area (Å²) in [4.78, 5) is 8.81. The Labute approximate surface area is 140 Å². The van der Waals surface area contributed by atoms with Crippen LogP contribution < -0.4 is 4.90 Å². The molecule has 1 aliphatic heterocycles. The van der Waals surface area contributed by atoms with Crippen LogP contribution in [0.1, 0.15) is 12.5 Å². The Bertz CT molecular complexity index is 748. The molecule has 1 fully saturated rings. The van der Waals surface area contributed by atoms with E-state index in [1.54, 1.807) is 13.1 Å². The van der Waals surface area contributed by atoms with Gasteiger partial charge < -0.3 is 10.0 Å². The molecule has 2 aromatic rings. The van der Waals surface area contributed by atoms with Gasteiger partial charge in [-0.25, -0.2) is 0 Å². The molecule has 0 bridgehead atoms. The third-order valence-corrected chi connectivity index (χ3v) is 4.37. The second-order valence-electron chi connectivity index (χ2n) is 5.93. The van der Waals surface area contributed by atoms with Crippen LogP contribution in [0.2, 0.25) is 5.02 Å². The zero-order valence-electron chi connectivity index (χ0n) is 13.0. The Balaban J connectivity index is 1.93. The van der Waals surface area contributed by atoms with Gasteiger partial charge >= 0.3 is 0 Å². The van der Waals surface area contributed by atoms with Crippen LogP contribution in [0, 0.1) is 11.3 Å². The number of β-amino-alcohol motifs (C(OH)–C–C–N with tert-alkyl or cyclic N) is 1. The summed E-state index contributed by atoms with van der Waals surface area (Å²) < 4.78 is 0. The van der Waals surface area contributed by atoms with Crippen molar-refractivity contribution in [3.05, 3.63) is 35.0 Å². The third-order valence-electron chi connectivity index (χ3n) is 4.13. The van der Waals surface area contributed by atoms with E-state index in [-0.39, 0.29) is 6.10 Å². The van der Waals surface area contributed by atoms with Crippen LogP contribution in [0.3, 0.4) is 0 Å². The van der Waals surface area contributed by atoms with Gasteiger partial charge in [0.15, 0.2) is 0 Å². The van der Waals surface area contributed by atoms with Gasteiger partial charge in [-0.3, -0.25) is 9.88 Å². The van der Waals surface area contributed by atoms with Crippen LogP contribution >= 0.6 is 11.6 Å². The van der Waals surface area contributed by atoms with Crippen molar-refractivity contribution in [1.82, 2.24) is 9.88 Å². The zero-order chi connectivity index (χ0) is 16.4. The van der Waals surface area contributed by atoms with E-state index in [9.17, 15) is 10.4 Å². The molecule has 1 aromatic carbocycles. The first-order chi connectivity index (χ1) is 11.1. The highest BCUT2D eigenvalue weighted by molar-refractivity contribution is 6.31. The fraction of sp³-hybridized carbons (Fsp3) is 0.412. The third kappa shape index (κ3) is 3.40. The van der Waals surface area contributed by atoms with Gasteiger partial charge in [-0.2, -0.15) is 5.26 Å². The van der Waals surface area contributed by atoms with Gasteiger partial charge in [0.05, 0.1) is 22.9 Å². The summed E-state index contributed by atoms with van der Waals surface area (Å²) in [5, 5.41) is 20.5. The molecule has 0 spiro atoms. The number of aromatic nitrogens is 1. The van der Waals surface area contributed by atoms with E-state index in [0.717, 1.165) is 42.8 Å². The van der Waals surface area contributed by atoms with E-state index in [4.69, 9.17) is 11.6 Å². The number of hydrogen-bond acceptors (Lipinski definition) is 5. The van der Waals surface area contributed by atoms with Gasteiger partial charge in [-0.05, 0) is 25.1 Å². The monoisotopic (exact) mass is 330 g/mol. The minimum absolute atomic E-state index is 0.322. The number of anilines is 1.